The van der Waals surface area contributed by atoms with Gasteiger partial charge in [-0.1, -0.05) is 18.5 Å². The number of rotatable bonds is 2. The number of likely N-dealkylation sites (N-methyl/N-ethyl adjacent to an activating group) is 1. The number of aromatic nitrogens is 1. The molecule has 1 aliphatic rings. The van der Waals surface area contributed by atoms with Crippen LogP contribution >= 0.6 is 11.6 Å². The molecule has 0 radical (unpaired) electrons. The topological polar surface area (TPSA) is 45.4 Å². The molecule has 18 heavy (non-hydrogen) atoms. The van der Waals surface area contributed by atoms with Crippen molar-refractivity contribution < 1.29 is 0 Å². The molecule has 4 nitrogen and oxygen atoms in total. The number of nitrogens with zero attached hydrogens (tertiary/aromatic N) is 3. The van der Waals surface area contributed by atoms with E-state index in [9.17, 15) is 0 Å². The van der Waals surface area contributed by atoms with Crippen LogP contribution in [-0.4, -0.2) is 42.6 Å². The highest BCUT2D eigenvalue weighted by Crippen LogP contribution is 2.28. The molecule has 0 aliphatic carbocycles. The predicted octanol–water partition coefficient (Wildman–Crippen LogP) is 2.24. The van der Waals surface area contributed by atoms with Gasteiger partial charge in [0, 0.05) is 19.1 Å². The third-order valence-electron chi connectivity index (χ3n) is 3.49. The Bertz CT molecular complexity index is 410. The van der Waals surface area contributed by atoms with Gasteiger partial charge >= 0.3 is 0 Å². The Morgan fingerprint density at radius 2 is 2.28 bits per heavy atom. The van der Waals surface area contributed by atoms with Crippen molar-refractivity contribution >= 4 is 23.1 Å². The summed E-state index contributed by atoms with van der Waals surface area (Å²) in [5, 5.41) is 0.651. The SMILES string of the molecule is CCC1CN(C)CCCN1c1ncc(N)cc1Cl. The van der Waals surface area contributed by atoms with Gasteiger partial charge in [0.15, 0.2) is 0 Å². The molecular weight excluding hydrogens is 248 g/mol. The van der Waals surface area contributed by atoms with E-state index < -0.39 is 0 Å². The molecular formula is C13H21ClN4. The van der Waals surface area contributed by atoms with Gasteiger partial charge < -0.3 is 15.5 Å². The average molecular weight is 269 g/mol. The number of halogens is 1. The Hall–Kier alpha value is -1.00. The number of nitrogen functional groups attached to an aromatic ring is 1. The lowest BCUT2D eigenvalue weighted by molar-refractivity contribution is 0.327. The molecule has 2 heterocycles. The lowest BCUT2D eigenvalue weighted by Crippen LogP contribution is -2.40. The molecule has 1 unspecified atom stereocenters. The van der Waals surface area contributed by atoms with E-state index in [0.29, 0.717) is 16.8 Å². The van der Waals surface area contributed by atoms with Crippen molar-refractivity contribution in [3.63, 3.8) is 0 Å². The Kier molecular flexibility index (Phi) is 4.30. The highest BCUT2D eigenvalue weighted by Gasteiger charge is 2.24. The van der Waals surface area contributed by atoms with Crippen molar-refractivity contribution in [1.82, 2.24) is 9.88 Å². The van der Waals surface area contributed by atoms with E-state index in [1.807, 2.05) is 0 Å². The average Bonchev–Trinajstić information content (AvgIpc) is 2.51. The van der Waals surface area contributed by atoms with Crippen LogP contribution in [0.5, 0.6) is 0 Å². The largest absolute Gasteiger partial charge is 0.397 e. The van der Waals surface area contributed by atoms with Crippen LogP contribution in [0, 0.1) is 0 Å². The molecule has 2 rings (SSSR count). The van der Waals surface area contributed by atoms with Gasteiger partial charge in [-0.2, -0.15) is 0 Å². The second-order valence-electron chi connectivity index (χ2n) is 4.95. The third-order valence-corrected chi connectivity index (χ3v) is 3.77. The van der Waals surface area contributed by atoms with Crippen molar-refractivity contribution in [3.05, 3.63) is 17.3 Å². The molecule has 5 heteroatoms. The second kappa shape index (κ2) is 5.76. The predicted molar refractivity (Wildman–Crippen MR) is 77.2 cm³/mol. The van der Waals surface area contributed by atoms with Crippen molar-refractivity contribution in [1.29, 1.82) is 0 Å². The molecule has 0 saturated carbocycles. The summed E-state index contributed by atoms with van der Waals surface area (Å²) in [5.74, 6) is 0.869. The van der Waals surface area contributed by atoms with Gasteiger partial charge in [0.1, 0.15) is 5.82 Å². The van der Waals surface area contributed by atoms with Crippen molar-refractivity contribution in [2.75, 3.05) is 37.3 Å². The maximum atomic E-state index is 6.28. The van der Waals surface area contributed by atoms with Gasteiger partial charge in [-0.3, -0.25) is 0 Å². The first-order valence-electron chi connectivity index (χ1n) is 6.48. The standard InChI is InChI=1S/C13H21ClN4/c1-3-11-9-17(2)5-4-6-18(11)13-12(14)7-10(15)8-16-13/h7-8,11H,3-6,9,15H2,1-2H3. The summed E-state index contributed by atoms with van der Waals surface area (Å²) in [6, 6.07) is 2.25. The Labute approximate surface area is 114 Å². The first-order valence-corrected chi connectivity index (χ1v) is 6.85. The zero-order valence-corrected chi connectivity index (χ0v) is 11.8. The third kappa shape index (κ3) is 2.87. The molecule has 0 bridgehead atoms. The molecule has 100 valence electrons. The normalized spacial score (nSPS) is 21.9. The van der Waals surface area contributed by atoms with Crippen LogP contribution in [0.15, 0.2) is 12.3 Å². The molecule has 1 fully saturated rings. The molecule has 0 spiro atoms. The van der Waals surface area contributed by atoms with Crippen LogP contribution in [0.25, 0.3) is 0 Å². The maximum absolute atomic E-state index is 6.28. The summed E-state index contributed by atoms with van der Waals surface area (Å²) in [5.41, 5.74) is 6.32. The second-order valence-corrected chi connectivity index (χ2v) is 5.35. The van der Waals surface area contributed by atoms with Crippen molar-refractivity contribution in [2.24, 2.45) is 0 Å². The molecule has 1 aromatic heterocycles. The monoisotopic (exact) mass is 268 g/mol. The summed E-state index contributed by atoms with van der Waals surface area (Å²) in [6.07, 6.45) is 3.91. The summed E-state index contributed by atoms with van der Waals surface area (Å²) in [4.78, 5) is 9.12. The van der Waals surface area contributed by atoms with E-state index in [1.54, 1.807) is 12.3 Å². The summed E-state index contributed by atoms with van der Waals surface area (Å²) < 4.78 is 0. The zero-order chi connectivity index (χ0) is 13.1. The Morgan fingerprint density at radius 1 is 1.50 bits per heavy atom. The fraction of sp³-hybridized carbons (Fsp3) is 0.615. The number of hydrogen-bond donors (Lipinski definition) is 1. The van der Waals surface area contributed by atoms with E-state index in [4.69, 9.17) is 17.3 Å². The van der Waals surface area contributed by atoms with Crippen LogP contribution in [0.4, 0.5) is 11.5 Å². The van der Waals surface area contributed by atoms with E-state index in [2.05, 4.69) is 28.8 Å². The van der Waals surface area contributed by atoms with Crippen LogP contribution in [0.1, 0.15) is 19.8 Å². The lowest BCUT2D eigenvalue weighted by atomic mass is 10.2. The molecule has 2 N–H and O–H groups in total. The lowest BCUT2D eigenvalue weighted by Gasteiger charge is -2.31. The summed E-state index contributed by atoms with van der Waals surface area (Å²) >= 11 is 6.28. The van der Waals surface area contributed by atoms with Gasteiger partial charge in [0.05, 0.1) is 16.9 Å². The minimum Gasteiger partial charge on any atom is -0.397 e. The fourth-order valence-corrected chi connectivity index (χ4v) is 2.81. The van der Waals surface area contributed by atoms with Crippen molar-refractivity contribution in [3.8, 4) is 0 Å². The minimum atomic E-state index is 0.464. The van der Waals surface area contributed by atoms with E-state index in [1.165, 1.54) is 0 Å². The van der Waals surface area contributed by atoms with Gasteiger partial charge in [-0.05, 0) is 32.5 Å². The molecule has 0 aromatic carbocycles. The minimum absolute atomic E-state index is 0.464. The van der Waals surface area contributed by atoms with Crippen LogP contribution in [0.2, 0.25) is 5.02 Å². The van der Waals surface area contributed by atoms with Crippen LogP contribution in [-0.2, 0) is 0 Å². The number of anilines is 2. The van der Waals surface area contributed by atoms with Gasteiger partial charge in [-0.15, -0.1) is 0 Å². The highest BCUT2D eigenvalue weighted by atomic mass is 35.5. The smallest absolute Gasteiger partial charge is 0.147 e. The van der Waals surface area contributed by atoms with Crippen LogP contribution in [0.3, 0.4) is 0 Å². The van der Waals surface area contributed by atoms with Crippen molar-refractivity contribution in [2.45, 2.75) is 25.8 Å². The molecule has 0 amide bonds. The zero-order valence-electron chi connectivity index (χ0n) is 11.1. The quantitative estimate of drug-likeness (QED) is 0.894. The Balaban J connectivity index is 2.28. The highest BCUT2D eigenvalue weighted by molar-refractivity contribution is 6.33. The van der Waals surface area contributed by atoms with Gasteiger partial charge in [0.25, 0.3) is 0 Å². The first-order chi connectivity index (χ1) is 8.61. The number of hydrogen-bond acceptors (Lipinski definition) is 4. The number of nitrogens with two attached hydrogens (primary N) is 1. The van der Waals surface area contributed by atoms with E-state index >= 15 is 0 Å². The van der Waals surface area contributed by atoms with Gasteiger partial charge in [-0.25, -0.2) is 4.98 Å². The van der Waals surface area contributed by atoms with Gasteiger partial charge in [0.2, 0.25) is 0 Å². The molecule has 1 aromatic rings. The molecule has 1 atom stereocenters. The van der Waals surface area contributed by atoms with E-state index in [0.717, 1.165) is 38.3 Å². The first kappa shape index (κ1) is 13.4. The summed E-state index contributed by atoms with van der Waals surface area (Å²) in [7, 11) is 2.17. The maximum Gasteiger partial charge on any atom is 0.147 e. The fourth-order valence-electron chi connectivity index (χ4n) is 2.53. The number of pyridine rings is 1. The molecule has 1 aliphatic heterocycles. The van der Waals surface area contributed by atoms with Crippen LogP contribution < -0.4 is 10.6 Å². The van der Waals surface area contributed by atoms with E-state index in [-0.39, 0.29) is 0 Å². The Morgan fingerprint density at radius 3 is 2.94 bits per heavy atom. The molecule has 1 saturated heterocycles. The summed E-state index contributed by atoms with van der Waals surface area (Å²) in [6.45, 7) is 5.39.